The van der Waals surface area contributed by atoms with E-state index < -0.39 is 5.97 Å². The van der Waals surface area contributed by atoms with Gasteiger partial charge in [0.15, 0.2) is 6.29 Å². The molecule has 1 saturated heterocycles. The lowest BCUT2D eigenvalue weighted by molar-refractivity contribution is -0.154. The Kier molecular flexibility index (Phi) is 4.78. The number of hydrogen-bond donors (Lipinski definition) is 0. The van der Waals surface area contributed by atoms with Crippen molar-refractivity contribution in [2.45, 2.75) is 57.5 Å². The summed E-state index contributed by atoms with van der Waals surface area (Å²) >= 11 is 0. The summed E-state index contributed by atoms with van der Waals surface area (Å²) in [5.41, 5.74) is 0. The summed E-state index contributed by atoms with van der Waals surface area (Å²) in [4.78, 5) is 11.1. The van der Waals surface area contributed by atoms with Gasteiger partial charge in [-0.15, -0.1) is 0 Å². The van der Waals surface area contributed by atoms with Crippen molar-refractivity contribution in [1.29, 1.82) is 0 Å². The lowest BCUT2D eigenvalue weighted by atomic mass is 9.89. The molecule has 18 heavy (non-hydrogen) atoms. The molecule has 0 radical (unpaired) electrons. The van der Waals surface area contributed by atoms with E-state index in [2.05, 4.69) is 6.58 Å². The van der Waals surface area contributed by atoms with Crippen LogP contribution in [0.5, 0.6) is 0 Å². The maximum absolute atomic E-state index is 11.1. The third kappa shape index (κ3) is 3.33. The zero-order valence-corrected chi connectivity index (χ0v) is 11.0. The van der Waals surface area contributed by atoms with Gasteiger partial charge in [0.05, 0.1) is 6.61 Å². The van der Waals surface area contributed by atoms with Gasteiger partial charge in [0.1, 0.15) is 12.2 Å². The topological polar surface area (TPSA) is 44.8 Å². The van der Waals surface area contributed by atoms with Gasteiger partial charge in [0.2, 0.25) is 0 Å². The van der Waals surface area contributed by atoms with Gasteiger partial charge in [0.25, 0.3) is 0 Å². The highest BCUT2D eigenvalue weighted by Gasteiger charge is 2.36. The van der Waals surface area contributed by atoms with Crippen molar-refractivity contribution in [1.82, 2.24) is 0 Å². The van der Waals surface area contributed by atoms with E-state index in [4.69, 9.17) is 14.2 Å². The van der Waals surface area contributed by atoms with Gasteiger partial charge >= 0.3 is 5.97 Å². The summed E-state index contributed by atoms with van der Waals surface area (Å²) in [5, 5.41) is 0. The monoisotopic (exact) mass is 254 g/mol. The smallest absolute Gasteiger partial charge is 0.330 e. The first kappa shape index (κ1) is 13.6. The third-order valence-electron chi connectivity index (χ3n) is 3.76. The van der Waals surface area contributed by atoms with Crippen LogP contribution < -0.4 is 0 Å². The number of hydrogen-bond acceptors (Lipinski definition) is 4. The molecule has 1 aliphatic carbocycles. The number of carbonyl (C=O) groups excluding carboxylic acids is 1. The number of carbonyl (C=O) groups is 1. The normalized spacial score (nSPS) is 30.9. The van der Waals surface area contributed by atoms with Crippen LogP contribution in [0.3, 0.4) is 0 Å². The zero-order valence-electron chi connectivity index (χ0n) is 11.0. The molecule has 2 aliphatic rings. The Bertz CT molecular complexity index is 296. The van der Waals surface area contributed by atoms with Crippen LogP contribution in [0, 0.1) is 5.92 Å². The summed E-state index contributed by atoms with van der Waals surface area (Å²) in [6, 6.07) is 0. The van der Waals surface area contributed by atoms with Gasteiger partial charge in [-0.25, -0.2) is 4.79 Å². The van der Waals surface area contributed by atoms with E-state index in [0.717, 1.165) is 0 Å². The summed E-state index contributed by atoms with van der Waals surface area (Å²) in [5.74, 6) is 0.0956. The Morgan fingerprint density at radius 1 is 1.39 bits per heavy atom. The maximum Gasteiger partial charge on any atom is 0.330 e. The van der Waals surface area contributed by atoms with E-state index >= 15 is 0 Å². The minimum absolute atomic E-state index is 0.111. The largest absolute Gasteiger partial charge is 0.457 e. The van der Waals surface area contributed by atoms with Crippen molar-refractivity contribution >= 4 is 5.97 Å². The molecule has 0 spiro atoms. The van der Waals surface area contributed by atoms with Crippen LogP contribution in [-0.4, -0.2) is 31.1 Å². The predicted molar refractivity (Wildman–Crippen MR) is 66.9 cm³/mol. The SMILES string of the molecule is C=CC(=O)OC(C)C1COC(C2CCCCC2)O1. The first-order valence-electron chi connectivity index (χ1n) is 6.81. The highest BCUT2D eigenvalue weighted by molar-refractivity contribution is 5.81. The number of esters is 1. The third-order valence-corrected chi connectivity index (χ3v) is 3.76. The molecule has 4 heteroatoms. The molecule has 3 unspecified atom stereocenters. The highest BCUT2D eigenvalue weighted by atomic mass is 16.7. The quantitative estimate of drug-likeness (QED) is 0.571. The molecule has 0 bridgehead atoms. The summed E-state index contributed by atoms with van der Waals surface area (Å²) in [6.07, 6.45) is 6.82. The van der Waals surface area contributed by atoms with E-state index in [-0.39, 0.29) is 18.5 Å². The molecule has 1 aliphatic heterocycles. The minimum atomic E-state index is -0.410. The molecule has 2 fully saturated rings. The van der Waals surface area contributed by atoms with Crippen LogP contribution in [0.2, 0.25) is 0 Å². The van der Waals surface area contributed by atoms with Gasteiger partial charge in [-0.1, -0.05) is 25.8 Å². The van der Waals surface area contributed by atoms with Crippen molar-refractivity contribution in [2.75, 3.05) is 6.61 Å². The summed E-state index contributed by atoms with van der Waals surface area (Å²) in [6.45, 7) is 5.72. The lowest BCUT2D eigenvalue weighted by Crippen LogP contribution is -2.31. The number of rotatable bonds is 4. The Hall–Kier alpha value is -0.870. The fourth-order valence-electron chi connectivity index (χ4n) is 2.65. The Morgan fingerprint density at radius 3 is 2.78 bits per heavy atom. The molecule has 0 aromatic rings. The Balaban J connectivity index is 1.79. The summed E-state index contributed by atoms with van der Waals surface area (Å²) < 4.78 is 16.7. The molecule has 4 nitrogen and oxygen atoms in total. The molecule has 102 valence electrons. The zero-order chi connectivity index (χ0) is 13.0. The van der Waals surface area contributed by atoms with Crippen LogP contribution in [0.15, 0.2) is 12.7 Å². The van der Waals surface area contributed by atoms with E-state index in [1.54, 1.807) is 0 Å². The molecule has 0 aromatic carbocycles. The molecule has 1 saturated carbocycles. The van der Waals surface area contributed by atoms with Crippen LogP contribution in [-0.2, 0) is 19.0 Å². The second-order valence-electron chi connectivity index (χ2n) is 5.12. The van der Waals surface area contributed by atoms with Gasteiger partial charge in [-0.2, -0.15) is 0 Å². The van der Waals surface area contributed by atoms with Crippen LogP contribution in [0.25, 0.3) is 0 Å². The van der Waals surface area contributed by atoms with Crippen LogP contribution in [0.4, 0.5) is 0 Å². The molecule has 2 rings (SSSR count). The van der Waals surface area contributed by atoms with E-state index in [9.17, 15) is 4.79 Å². The number of ether oxygens (including phenoxy) is 3. The molecular formula is C14H22O4. The van der Waals surface area contributed by atoms with Crippen LogP contribution in [0.1, 0.15) is 39.0 Å². The Morgan fingerprint density at radius 2 is 2.11 bits per heavy atom. The summed E-state index contributed by atoms with van der Waals surface area (Å²) in [7, 11) is 0. The maximum atomic E-state index is 11.1. The first-order valence-corrected chi connectivity index (χ1v) is 6.81. The van der Waals surface area contributed by atoms with Crippen molar-refractivity contribution in [3.63, 3.8) is 0 Å². The molecule has 0 amide bonds. The standard InChI is InChI=1S/C14H22O4/c1-3-13(15)17-10(2)12-9-16-14(18-12)11-7-5-4-6-8-11/h3,10-12,14H,1,4-9H2,2H3. The average molecular weight is 254 g/mol. The van der Waals surface area contributed by atoms with Gasteiger partial charge in [0, 0.05) is 12.0 Å². The van der Waals surface area contributed by atoms with E-state index in [0.29, 0.717) is 12.5 Å². The van der Waals surface area contributed by atoms with Crippen molar-refractivity contribution in [3.05, 3.63) is 12.7 Å². The fraction of sp³-hybridized carbons (Fsp3) is 0.786. The second kappa shape index (κ2) is 6.34. The lowest BCUT2D eigenvalue weighted by Gasteiger charge is -2.26. The Labute approximate surface area is 108 Å². The first-order chi connectivity index (χ1) is 8.70. The van der Waals surface area contributed by atoms with Gasteiger partial charge in [-0.3, -0.25) is 0 Å². The highest BCUT2D eigenvalue weighted by Crippen LogP contribution is 2.32. The second-order valence-corrected chi connectivity index (χ2v) is 5.12. The van der Waals surface area contributed by atoms with Crippen molar-refractivity contribution in [2.24, 2.45) is 5.92 Å². The molecular weight excluding hydrogens is 232 g/mol. The van der Waals surface area contributed by atoms with E-state index in [1.807, 2.05) is 6.92 Å². The molecule has 0 N–H and O–H groups in total. The molecule has 3 atom stereocenters. The molecule has 1 heterocycles. The molecule has 0 aromatic heterocycles. The van der Waals surface area contributed by atoms with E-state index in [1.165, 1.54) is 38.2 Å². The minimum Gasteiger partial charge on any atom is -0.457 e. The fourth-order valence-corrected chi connectivity index (χ4v) is 2.65. The van der Waals surface area contributed by atoms with Gasteiger partial charge < -0.3 is 14.2 Å². The van der Waals surface area contributed by atoms with Crippen molar-refractivity contribution < 1.29 is 19.0 Å². The van der Waals surface area contributed by atoms with Crippen LogP contribution >= 0.6 is 0 Å². The van der Waals surface area contributed by atoms with Gasteiger partial charge in [-0.05, 0) is 19.8 Å². The van der Waals surface area contributed by atoms with Crippen molar-refractivity contribution in [3.8, 4) is 0 Å². The predicted octanol–water partition coefficient (Wildman–Crippen LogP) is 2.43. The average Bonchev–Trinajstić information content (AvgIpc) is 2.89.